The number of aromatic nitrogens is 3. The molecule has 0 radical (unpaired) electrons. The molecule has 0 fully saturated rings. The molecule has 1 aromatic carbocycles. The highest BCUT2D eigenvalue weighted by atomic mass is 35.5. The van der Waals surface area contributed by atoms with Crippen LogP contribution in [0.2, 0.25) is 10.0 Å². The van der Waals surface area contributed by atoms with Crippen molar-refractivity contribution < 1.29 is 12.8 Å². The van der Waals surface area contributed by atoms with Crippen molar-refractivity contribution in [2.45, 2.75) is 24.9 Å². The molecule has 0 spiro atoms. The summed E-state index contributed by atoms with van der Waals surface area (Å²) < 4.78 is 37.6. The zero-order valence-corrected chi connectivity index (χ0v) is 17.5. The first-order valence-electron chi connectivity index (χ1n) is 8.17. The maximum atomic E-state index is 13.6. The van der Waals surface area contributed by atoms with Gasteiger partial charge in [0, 0.05) is 6.26 Å². The highest BCUT2D eigenvalue weighted by Crippen LogP contribution is 2.29. The molecule has 0 aliphatic heterocycles. The van der Waals surface area contributed by atoms with Gasteiger partial charge in [0.05, 0.1) is 21.4 Å². The molecule has 0 aliphatic rings. The normalized spacial score (nSPS) is 12.8. The molecule has 28 heavy (non-hydrogen) atoms. The molecule has 0 bridgehead atoms. The summed E-state index contributed by atoms with van der Waals surface area (Å²) in [5.41, 5.74) is 1.60. The summed E-state index contributed by atoms with van der Waals surface area (Å²) in [4.78, 5) is 11.6. The lowest BCUT2D eigenvalue weighted by molar-refractivity contribution is 0.597. The van der Waals surface area contributed by atoms with Crippen LogP contribution in [0.15, 0.2) is 35.4 Å². The van der Waals surface area contributed by atoms with E-state index in [1.807, 2.05) is 0 Å². The van der Waals surface area contributed by atoms with Crippen LogP contribution in [0.3, 0.4) is 0 Å². The molecule has 0 amide bonds. The number of anilines is 1. The molecular formula is C18H17Cl2FN4O2S. The summed E-state index contributed by atoms with van der Waals surface area (Å²) >= 11 is 12.0. The first-order valence-corrected chi connectivity index (χ1v) is 10.8. The number of halogens is 3. The summed E-state index contributed by atoms with van der Waals surface area (Å²) in [6.45, 7) is 3.38. The molecule has 10 heteroatoms. The van der Waals surface area contributed by atoms with Crippen molar-refractivity contribution in [3.8, 4) is 0 Å². The molecule has 3 aromatic rings. The average Bonchev–Trinajstić information content (AvgIpc) is 3.00. The van der Waals surface area contributed by atoms with E-state index in [4.69, 9.17) is 23.2 Å². The molecule has 3 rings (SSSR count). The highest BCUT2D eigenvalue weighted by Gasteiger charge is 2.24. The summed E-state index contributed by atoms with van der Waals surface area (Å²) in [5, 5.41) is 3.58. The van der Waals surface area contributed by atoms with Gasteiger partial charge in [-0.1, -0.05) is 29.3 Å². The summed E-state index contributed by atoms with van der Waals surface area (Å²) in [7, 11) is -3.52. The Morgan fingerprint density at radius 1 is 1.11 bits per heavy atom. The lowest BCUT2D eigenvalue weighted by Crippen LogP contribution is -2.15. The zero-order chi connectivity index (χ0) is 20.6. The first kappa shape index (κ1) is 20.6. The monoisotopic (exact) mass is 442 g/mol. The van der Waals surface area contributed by atoms with Crippen LogP contribution in [-0.2, 0) is 9.84 Å². The third-order valence-corrected chi connectivity index (χ3v) is 5.86. The number of aromatic amines is 1. The van der Waals surface area contributed by atoms with Crippen molar-refractivity contribution in [1.29, 1.82) is 0 Å². The number of nitrogens with zero attached hydrogens (tertiary/aromatic N) is 2. The van der Waals surface area contributed by atoms with Gasteiger partial charge in [-0.05, 0) is 43.7 Å². The number of H-pyrrole nitrogens is 1. The van der Waals surface area contributed by atoms with Crippen LogP contribution in [0.4, 0.5) is 10.2 Å². The Labute approximate surface area is 172 Å². The average molecular weight is 443 g/mol. The van der Waals surface area contributed by atoms with Crippen LogP contribution < -0.4 is 5.32 Å². The van der Waals surface area contributed by atoms with Gasteiger partial charge in [0.1, 0.15) is 23.5 Å². The van der Waals surface area contributed by atoms with Crippen molar-refractivity contribution in [2.75, 3.05) is 11.6 Å². The van der Waals surface area contributed by atoms with Crippen molar-refractivity contribution in [3.63, 3.8) is 0 Å². The second kappa shape index (κ2) is 7.69. The van der Waals surface area contributed by atoms with E-state index in [-0.39, 0.29) is 10.0 Å². The van der Waals surface area contributed by atoms with Crippen molar-refractivity contribution in [1.82, 2.24) is 15.0 Å². The van der Waals surface area contributed by atoms with Gasteiger partial charge < -0.3 is 10.3 Å². The van der Waals surface area contributed by atoms with Gasteiger partial charge in [0.15, 0.2) is 14.9 Å². The minimum absolute atomic E-state index is 0.0530. The molecule has 2 aromatic heterocycles. The number of rotatable bonds is 5. The van der Waals surface area contributed by atoms with Gasteiger partial charge in [-0.2, -0.15) is 0 Å². The minimum atomic E-state index is -3.52. The van der Waals surface area contributed by atoms with Gasteiger partial charge >= 0.3 is 0 Å². The number of aryl methyl sites for hydroxylation is 2. The fraction of sp³-hybridized carbons (Fsp3) is 0.222. The fourth-order valence-electron chi connectivity index (χ4n) is 2.74. The number of benzene rings is 1. The van der Waals surface area contributed by atoms with Crippen LogP contribution >= 0.6 is 23.2 Å². The van der Waals surface area contributed by atoms with Crippen molar-refractivity contribution in [3.05, 3.63) is 69.0 Å². The van der Waals surface area contributed by atoms with E-state index in [9.17, 15) is 12.8 Å². The summed E-state index contributed by atoms with van der Waals surface area (Å²) in [6.07, 6.45) is 1.08. The number of pyridine rings is 1. The standard InChI is InChI=1S/C18H17Cl2FN4O2S/c1-9-12(19)5-7-15(22-9)24-16(11-4-6-14(21)13(20)8-11)17-23-10(2)18(25-17)28(3,26)27/h4-8,16H,1-3H3,(H,22,24)(H,23,25). The Balaban J connectivity index is 2.11. The number of sulfone groups is 1. The molecule has 148 valence electrons. The van der Waals surface area contributed by atoms with Crippen LogP contribution in [0, 0.1) is 19.7 Å². The number of imidazole rings is 1. The smallest absolute Gasteiger partial charge is 0.194 e. The van der Waals surface area contributed by atoms with E-state index in [1.54, 1.807) is 32.0 Å². The topological polar surface area (TPSA) is 87.7 Å². The Morgan fingerprint density at radius 3 is 2.39 bits per heavy atom. The Bertz CT molecular complexity index is 1150. The van der Waals surface area contributed by atoms with Gasteiger partial charge in [-0.25, -0.2) is 22.8 Å². The third-order valence-electron chi connectivity index (χ3n) is 4.07. The lowest BCUT2D eigenvalue weighted by atomic mass is 10.1. The Kier molecular flexibility index (Phi) is 5.65. The van der Waals surface area contributed by atoms with Crippen molar-refractivity contribution in [2.24, 2.45) is 0 Å². The third kappa shape index (κ3) is 4.29. The highest BCUT2D eigenvalue weighted by molar-refractivity contribution is 7.90. The SMILES string of the molecule is Cc1nc(NC(c2ccc(F)c(Cl)c2)c2nc(S(C)(=O)=O)c(C)[nH]2)ccc1Cl. The van der Waals surface area contributed by atoms with E-state index in [2.05, 4.69) is 20.3 Å². The lowest BCUT2D eigenvalue weighted by Gasteiger charge is -2.19. The first-order chi connectivity index (χ1) is 13.1. The van der Waals surface area contributed by atoms with Gasteiger partial charge in [-0.15, -0.1) is 0 Å². The van der Waals surface area contributed by atoms with E-state index in [0.29, 0.717) is 33.6 Å². The molecule has 6 nitrogen and oxygen atoms in total. The minimum Gasteiger partial charge on any atom is -0.356 e. The van der Waals surface area contributed by atoms with Gasteiger partial charge in [-0.3, -0.25) is 0 Å². The Morgan fingerprint density at radius 2 is 1.82 bits per heavy atom. The molecule has 1 unspecified atom stereocenters. The molecule has 2 heterocycles. The molecule has 0 aliphatic carbocycles. The number of hydrogen-bond acceptors (Lipinski definition) is 5. The fourth-order valence-corrected chi connectivity index (χ4v) is 3.90. The van der Waals surface area contributed by atoms with E-state index in [0.717, 1.165) is 6.26 Å². The van der Waals surface area contributed by atoms with Gasteiger partial charge in [0.25, 0.3) is 0 Å². The number of hydrogen-bond donors (Lipinski definition) is 2. The van der Waals surface area contributed by atoms with E-state index < -0.39 is 21.7 Å². The molecule has 0 saturated heterocycles. The van der Waals surface area contributed by atoms with Crippen LogP contribution in [0.1, 0.15) is 28.8 Å². The van der Waals surface area contributed by atoms with Gasteiger partial charge in [0.2, 0.25) is 0 Å². The second-order valence-electron chi connectivity index (χ2n) is 6.34. The van der Waals surface area contributed by atoms with Crippen LogP contribution in [0.25, 0.3) is 0 Å². The van der Waals surface area contributed by atoms with E-state index in [1.165, 1.54) is 12.1 Å². The molecular weight excluding hydrogens is 426 g/mol. The largest absolute Gasteiger partial charge is 0.356 e. The van der Waals surface area contributed by atoms with E-state index >= 15 is 0 Å². The summed E-state index contributed by atoms with van der Waals surface area (Å²) in [6, 6.07) is 6.95. The van der Waals surface area contributed by atoms with Crippen molar-refractivity contribution >= 4 is 38.9 Å². The maximum absolute atomic E-state index is 13.6. The second-order valence-corrected chi connectivity index (χ2v) is 9.08. The number of nitrogens with one attached hydrogen (secondary N) is 2. The molecule has 2 N–H and O–H groups in total. The maximum Gasteiger partial charge on any atom is 0.194 e. The van der Waals surface area contributed by atoms with Crippen LogP contribution in [-0.4, -0.2) is 29.6 Å². The molecule has 1 atom stereocenters. The predicted octanol–water partition coefficient (Wildman–Crippen LogP) is 4.47. The molecule has 0 saturated carbocycles. The van der Waals surface area contributed by atoms with Crippen LogP contribution in [0.5, 0.6) is 0 Å². The summed E-state index contributed by atoms with van der Waals surface area (Å²) in [5.74, 6) is 0.259. The quantitative estimate of drug-likeness (QED) is 0.608. The zero-order valence-electron chi connectivity index (χ0n) is 15.2. The predicted molar refractivity (Wildman–Crippen MR) is 107 cm³/mol. The Hall–Kier alpha value is -2.16.